The average Bonchev–Trinajstić information content (AvgIpc) is 2.44. The van der Waals surface area contributed by atoms with Gasteiger partial charge in [0.15, 0.2) is 10.9 Å². The highest BCUT2D eigenvalue weighted by atomic mass is 35.5. The van der Waals surface area contributed by atoms with Crippen LogP contribution in [0.3, 0.4) is 0 Å². The molecule has 0 N–H and O–H groups in total. The summed E-state index contributed by atoms with van der Waals surface area (Å²) in [6.45, 7) is 4.08. The average molecular weight is 330 g/mol. The molecule has 1 aromatic carbocycles. The second kappa shape index (κ2) is 6.50. The van der Waals surface area contributed by atoms with Gasteiger partial charge in [-0.25, -0.2) is 4.98 Å². The Morgan fingerprint density at radius 2 is 1.86 bits per heavy atom. The summed E-state index contributed by atoms with van der Waals surface area (Å²) < 4.78 is 24.2. The van der Waals surface area contributed by atoms with Gasteiger partial charge in [-0.1, -0.05) is 37.0 Å². The highest BCUT2D eigenvalue weighted by Gasteiger charge is 2.14. The second-order valence-electron chi connectivity index (χ2n) is 4.71. The summed E-state index contributed by atoms with van der Waals surface area (Å²) in [5, 5.41) is -0.0655. The first-order valence-corrected chi connectivity index (χ1v) is 7.05. The summed E-state index contributed by atoms with van der Waals surface area (Å²) in [7, 11) is 1.61. The smallest absolute Gasteiger partial charge is 0.218 e. The van der Waals surface area contributed by atoms with E-state index >= 15 is 0 Å². The molecule has 0 spiro atoms. The molecule has 0 bridgehead atoms. The Bertz CT molecular complexity index is 662. The van der Waals surface area contributed by atoms with Crippen molar-refractivity contribution in [3.8, 4) is 17.2 Å². The van der Waals surface area contributed by atoms with E-state index in [4.69, 9.17) is 32.7 Å². The summed E-state index contributed by atoms with van der Waals surface area (Å²) >= 11 is 11.7. The standard InChI is InChI=1S/C15H14Cl2FNO2/c1-8(2)10-6-9(4-5-11(10)20-3)21-12-7-13(18)19-15(17)14(12)16/h4-8H,1-3H3. The lowest BCUT2D eigenvalue weighted by Gasteiger charge is -2.14. The summed E-state index contributed by atoms with van der Waals surface area (Å²) in [6.07, 6.45) is 0. The topological polar surface area (TPSA) is 31.4 Å². The van der Waals surface area contributed by atoms with E-state index in [1.165, 1.54) is 0 Å². The monoisotopic (exact) mass is 329 g/mol. The Morgan fingerprint density at radius 3 is 2.48 bits per heavy atom. The fourth-order valence-corrected chi connectivity index (χ4v) is 2.19. The van der Waals surface area contributed by atoms with Gasteiger partial charge in [0.1, 0.15) is 16.5 Å². The van der Waals surface area contributed by atoms with Crippen molar-refractivity contribution in [1.82, 2.24) is 4.98 Å². The minimum absolute atomic E-state index is 0.0694. The van der Waals surface area contributed by atoms with Crippen molar-refractivity contribution in [2.24, 2.45) is 0 Å². The predicted octanol–water partition coefficient (Wildman–Crippen LogP) is 5.45. The highest BCUT2D eigenvalue weighted by Crippen LogP contribution is 2.36. The fourth-order valence-electron chi connectivity index (χ4n) is 1.88. The number of pyridine rings is 1. The Balaban J connectivity index is 2.38. The molecule has 0 fully saturated rings. The number of hydrogen-bond acceptors (Lipinski definition) is 3. The second-order valence-corrected chi connectivity index (χ2v) is 5.44. The number of benzene rings is 1. The van der Waals surface area contributed by atoms with E-state index in [1.807, 2.05) is 19.9 Å². The van der Waals surface area contributed by atoms with Crippen molar-refractivity contribution in [2.75, 3.05) is 7.11 Å². The molecule has 0 radical (unpaired) electrons. The Labute approximate surface area is 132 Å². The maximum absolute atomic E-state index is 13.3. The summed E-state index contributed by atoms with van der Waals surface area (Å²) in [5.74, 6) is 0.897. The number of halogens is 3. The van der Waals surface area contributed by atoms with Crippen molar-refractivity contribution in [1.29, 1.82) is 0 Å². The largest absolute Gasteiger partial charge is 0.496 e. The van der Waals surface area contributed by atoms with Crippen LogP contribution in [0.4, 0.5) is 4.39 Å². The third-order valence-corrected chi connectivity index (χ3v) is 3.64. The zero-order valence-corrected chi connectivity index (χ0v) is 13.3. The van der Waals surface area contributed by atoms with Gasteiger partial charge >= 0.3 is 0 Å². The van der Waals surface area contributed by atoms with Crippen LogP contribution in [0, 0.1) is 5.95 Å². The van der Waals surface area contributed by atoms with E-state index in [9.17, 15) is 4.39 Å². The van der Waals surface area contributed by atoms with Crippen LogP contribution in [0.25, 0.3) is 0 Å². The molecular weight excluding hydrogens is 316 g/mol. The minimum atomic E-state index is -0.753. The van der Waals surface area contributed by atoms with Gasteiger partial charge in [-0.3, -0.25) is 0 Å². The van der Waals surface area contributed by atoms with Crippen LogP contribution < -0.4 is 9.47 Å². The van der Waals surface area contributed by atoms with E-state index in [2.05, 4.69) is 4.98 Å². The van der Waals surface area contributed by atoms with E-state index in [-0.39, 0.29) is 21.8 Å². The van der Waals surface area contributed by atoms with Crippen LogP contribution in [0.15, 0.2) is 24.3 Å². The number of nitrogens with zero attached hydrogens (tertiary/aromatic N) is 1. The predicted molar refractivity (Wildman–Crippen MR) is 81.4 cm³/mol. The number of hydrogen-bond donors (Lipinski definition) is 0. The van der Waals surface area contributed by atoms with Gasteiger partial charge in [0.2, 0.25) is 5.95 Å². The van der Waals surface area contributed by atoms with E-state index in [0.29, 0.717) is 5.75 Å². The molecule has 1 heterocycles. The van der Waals surface area contributed by atoms with Crippen LogP contribution in [-0.2, 0) is 0 Å². The van der Waals surface area contributed by atoms with E-state index in [1.54, 1.807) is 19.2 Å². The number of aromatic nitrogens is 1. The first-order valence-electron chi connectivity index (χ1n) is 6.29. The third-order valence-electron chi connectivity index (χ3n) is 2.90. The molecule has 0 aliphatic carbocycles. The van der Waals surface area contributed by atoms with Gasteiger partial charge < -0.3 is 9.47 Å². The van der Waals surface area contributed by atoms with E-state index in [0.717, 1.165) is 17.4 Å². The van der Waals surface area contributed by atoms with Crippen molar-refractivity contribution in [3.05, 3.63) is 46.0 Å². The van der Waals surface area contributed by atoms with Crippen LogP contribution in [0.2, 0.25) is 10.2 Å². The number of rotatable bonds is 4. The Hall–Kier alpha value is -1.52. The SMILES string of the molecule is COc1ccc(Oc2cc(F)nc(Cl)c2Cl)cc1C(C)C. The summed E-state index contributed by atoms with van der Waals surface area (Å²) in [6, 6.07) is 6.42. The van der Waals surface area contributed by atoms with Gasteiger partial charge in [-0.05, 0) is 24.1 Å². The minimum Gasteiger partial charge on any atom is -0.496 e. The number of ether oxygens (including phenoxy) is 2. The van der Waals surface area contributed by atoms with E-state index < -0.39 is 5.95 Å². The van der Waals surface area contributed by atoms with Crippen molar-refractivity contribution < 1.29 is 13.9 Å². The maximum Gasteiger partial charge on any atom is 0.218 e. The first-order chi connectivity index (χ1) is 9.92. The van der Waals surface area contributed by atoms with Gasteiger partial charge in [0, 0.05) is 11.6 Å². The zero-order valence-electron chi connectivity index (χ0n) is 11.8. The normalized spacial score (nSPS) is 10.8. The molecule has 6 heteroatoms. The van der Waals surface area contributed by atoms with Crippen LogP contribution >= 0.6 is 23.2 Å². The quantitative estimate of drug-likeness (QED) is 0.698. The lowest BCUT2D eigenvalue weighted by Crippen LogP contribution is -1.96. The van der Waals surface area contributed by atoms with Gasteiger partial charge in [-0.2, -0.15) is 4.39 Å². The summed E-state index contributed by atoms with van der Waals surface area (Å²) in [5.41, 5.74) is 0.978. The van der Waals surface area contributed by atoms with Gasteiger partial charge in [0.25, 0.3) is 0 Å². The molecule has 21 heavy (non-hydrogen) atoms. The maximum atomic E-state index is 13.3. The third kappa shape index (κ3) is 3.57. The summed E-state index contributed by atoms with van der Waals surface area (Å²) in [4.78, 5) is 3.42. The molecule has 0 unspecified atom stereocenters. The number of methoxy groups -OCH3 is 1. The Kier molecular flexibility index (Phi) is 4.91. The molecule has 0 atom stereocenters. The molecule has 0 saturated heterocycles. The van der Waals surface area contributed by atoms with Gasteiger partial charge in [-0.15, -0.1) is 0 Å². The van der Waals surface area contributed by atoms with Crippen LogP contribution in [0.5, 0.6) is 17.2 Å². The lowest BCUT2D eigenvalue weighted by molar-refractivity contribution is 0.405. The van der Waals surface area contributed by atoms with Crippen LogP contribution in [0.1, 0.15) is 25.3 Å². The lowest BCUT2D eigenvalue weighted by atomic mass is 10.0. The zero-order chi connectivity index (χ0) is 15.6. The Morgan fingerprint density at radius 1 is 1.14 bits per heavy atom. The van der Waals surface area contributed by atoms with Crippen LogP contribution in [-0.4, -0.2) is 12.1 Å². The first kappa shape index (κ1) is 15.9. The van der Waals surface area contributed by atoms with Crippen molar-refractivity contribution in [3.63, 3.8) is 0 Å². The molecule has 1 aromatic heterocycles. The molecule has 112 valence electrons. The molecule has 2 rings (SSSR count). The molecular formula is C15H14Cl2FNO2. The molecule has 0 aliphatic heterocycles. The molecule has 0 saturated carbocycles. The van der Waals surface area contributed by atoms with Crippen molar-refractivity contribution >= 4 is 23.2 Å². The van der Waals surface area contributed by atoms with Crippen molar-refractivity contribution in [2.45, 2.75) is 19.8 Å². The fraction of sp³-hybridized carbons (Fsp3) is 0.267. The van der Waals surface area contributed by atoms with Gasteiger partial charge in [0.05, 0.1) is 7.11 Å². The molecule has 0 aliphatic rings. The molecule has 2 aromatic rings. The molecule has 3 nitrogen and oxygen atoms in total. The molecule has 0 amide bonds. The highest BCUT2D eigenvalue weighted by molar-refractivity contribution is 6.42.